The molecule has 2 aromatic heterocycles. The number of anilines is 1. The summed E-state index contributed by atoms with van der Waals surface area (Å²) in [5.41, 5.74) is 7.12. The Morgan fingerprint density at radius 1 is 1.55 bits per heavy atom. The van der Waals surface area contributed by atoms with E-state index in [4.69, 9.17) is 15.6 Å². The Morgan fingerprint density at radius 2 is 2.32 bits per heavy atom. The molecule has 0 spiro atoms. The number of rotatable bonds is 4. The number of hydrogen-bond acceptors (Lipinski definition) is 7. The van der Waals surface area contributed by atoms with Gasteiger partial charge in [0.15, 0.2) is 5.16 Å². The molecular formula is C14H17N3O3S2. The number of hydrogen-bond donors (Lipinski definition) is 2. The van der Waals surface area contributed by atoms with Crippen molar-refractivity contribution in [1.29, 1.82) is 0 Å². The third-order valence-electron chi connectivity index (χ3n) is 3.92. The van der Waals surface area contributed by atoms with E-state index in [1.54, 1.807) is 11.3 Å². The fourth-order valence-electron chi connectivity index (χ4n) is 2.50. The molecule has 0 fully saturated rings. The zero-order chi connectivity index (χ0) is 15.9. The maximum absolute atomic E-state index is 10.7. The predicted molar refractivity (Wildman–Crippen MR) is 87.4 cm³/mol. The molecule has 0 saturated carbocycles. The lowest BCUT2D eigenvalue weighted by Crippen LogP contribution is -2.33. The molecule has 0 unspecified atom stereocenters. The van der Waals surface area contributed by atoms with Crippen LogP contribution >= 0.6 is 23.1 Å². The molecule has 1 aliphatic rings. The first kappa shape index (κ1) is 15.5. The number of carboxylic acids is 1. The zero-order valence-electron chi connectivity index (χ0n) is 12.4. The van der Waals surface area contributed by atoms with Crippen LogP contribution in [0.15, 0.2) is 5.16 Å². The number of ether oxygens (including phenoxy) is 1. The van der Waals surface area contributed by atoms with Crippen LogP contribution in [0.1, 0.15) is 30.7 Å². The molecule has 3 heterocycles. The second-order valence-corrected chi connectivity index (χ2v) is 7.55. The third-order valence-corrected chi connectivity index (χ3v) is 5.85. The highest BCUT2D eigenvalue weighted by Crippen LogP contribution is 2.41. The van der Waals surface area contributed by atoms with E-state index in [1.807, 2.05) is 0 Å². The summed E-state index contributed by atoms with van der Waals surface area (Å²) in [6, 6.07) is 0. The van der Waals surface area contributed by atoms with Gasteiger partial charge in [-0.3, -0.25) is 4.79 Å². The second-order valence-electron chi connectivity index (χ2n) is 5.53. The first-order valence-electron chi connectivity index (χ1n) is 6.98. The Kier molecular flexibility index (Phi) is 4.00. The number of nitrogens with zero attached hydrogens (tertiary/aromatic N) is 2. The van der Waals surface area contributed by atoms with Gasteiger partial charge in [0.05, 0.1) is 23.3 Å². The third kappa shape index (κ3) is 2.78. The number of nitrogens with two attached hydrogens (primary N) is 1. The fourth-order valence-corrected chi connectivity index (χ4v) is 4.24. The molecular weight excluding hydrogens is 322 g/mol. The lowest BCUT2D eigenvalue weighted by Gasteiger charge is -2.33. The Bertz CT molecular complexity index is 746. The van der Waals surface area contributed by atoms with Crippen molar-refractivity contribution in [1.82, 2.24) is 9.97 Å². The highest BCUT2D eigenvalue weighted by molar-refractivity contribution is 7.99. The lowest BCUT2D eigenvalue weighted by atomic mass is 9.90. The molecule has 6 nitrogen and oxygen atoms in total. The molecule has 0 bridgehead atoms. The summed E-state index contributed by atoms with van der Waals surface area (Å²) in [5.74, 6) is -0.548. The largest absolute Gasteiger partial charge is 0.481 e. The number of nitrogen functional groups attached to an aromatic ring is 1. The fraction of sp³-hybridized carbons (Fsp3) is 0.500. The van der Waals surface area contributed by atoms with Gasteiger partial charge < -0.3 is 15.6 Å². The van der Waals surface area contributed by atoms with Crippen LogP contribution < -0.4 is 5.73 Å². The van der Waals surface area contributed by atoms with Gasteiger partial charge in [-0.05, 0) is 18.9 Å². The van der Waals surface area contributed by atoms with Crippen LogP contribution in [-0.2, 0) is 22.6 Å². The molecule has 0 amide bonds. The van der Waals surface area contributed by atoms with E-state index in [-0.39, 0.29) is 11.4 Å². The highest BCUT2D eigenvalue weighted by Gasteiger charge is 2.32. The van der Waals surface area contributed by atoms with E-state index in [0.717, 1.165) is 39.7 Å². The number of thiophene rings is 1. The predicted octanol–water partition coefficient (Wildman–Crippen LogP) is 2.69. The summed E-state index contributed by atoms with van der Waals surface area (Å²) >= 11 is 2.64. The standard InChI is InChI=1S/C14H17N3O3S2/c1-3-14(2)4-7-8(5-20-14)22-12-10(7)11(15)16-13(17-12)21-6-9(18)19/h3-6H2,1-2H3,(H,18,19)(H2,15,16,17)/t14-/m0/s1. The Hall–Kier alpha value is -1.38. The van der Waals surface area contributed by atoms with E-state index in [2.05, 4.69) is 23.8 Å². The SMILES string of the molecule is CC[C@@]1(C)Cc2c(sc3nc(SCC(=O)O)nc(N)c23)CO1. The quantitative estimate of drug-likeness (QED) is 0.652. The van der Waals surface area contributed by atoms with Crippen molar-refractivity contribution in [2.45, 2.75) is 44.1 Å². The Morgan fingerprint density at radius 3 is 3.00 bits per heavy atom. The summed E-state index contributed by atoms with van der Waals surface area (Å²) in [5, 5.41) is 10.1. The van der Waals surface area contributed by atoms with Crippen LogP contribution in [0, 0.1) is 0 Å². The maximum atomic E-state index is 10.7. The molecule has 118 valence electrons. The molecule has 8 heteroatoms. The molecule has 1 atom stereocenters. The number of aromatic nitrogens is 2. The van der Waals surface area contributed by atoms with E-state index >= 15 is 0 Å². The van der Waals surface area contributed by atoms with Crippen LogP contribution in [0.25, 0.3) is 10.2 Å². The molecule has 3 rings (SSSR count). The van der Waals surface area contributed by atoms with Crippen LogP contribution in [0.5, 0.6) is 0 Å². The smallest absolute Gasteiger partial charge is 0.313 e. The van der Waals surface area contributed by atoms with Gasteiger partial charge in [0.2, 0.25) is 0 Å². The van der Waals surface area contributed by atoms with E-state index in [0.29, 0.717) is 17.6 Å². The van der Waals surface area contributed by atoms with Gasteiger partial charge in [-0.1, -0.05) is 18.7 Å². The number of thioether (sulfide) groups is 1. The normalized spacial score (nSPS) is 21.0. The van der Waals surface area contributed by atoms with Crippen molar-refractivity contribution < 1.29 is 14.6 Å². The van der Waals surface area contributed by atoms with Crippen LogP contribution in [-0.4, -0.2) is 32.4 Å². The van der Waals surface area contributed by atoms with Crippen LogP contribution in [0.4, 0.5) is 5.82 Å². The number of carboxylic acid groups (broad SMARTS) is 1. The molecule has 0 aliphatic carbocycles. The van der Waals surface area contributed by atoms with E-state index < -0.39 is 5.97 Å². The van der Waals surface area contributed by atoms with Gasteiger partial charge in [-0.15, -0.1) is 11.3 Å². The van der Waals surface area contributed by atoms with Crippen molar-refractivity contribution in [3.63, 3.8) is 0 Å². The van der Waals surface area contributed by atoms with Crippen molar-refractivity contribution in [3.8, 4) is 0 Å². The summed E-state index contributed by atoms with van der Waals surface area (Å²) in [4.78, 5) is 21.3. The number of fused-ring (bicyclic) bond motifs is 3. The van der Waals surface area contributed by atoms with E-state index in [9.17, 15) is 4.79 Å². The van der Waals surface area contributed by atoms with Gasteiger partial charge in [-0.25, -0.2) is 9.97 Å². The highest BCUT2D eigenvalue weighted by atomic mass is 32.2. The van der Waals surface area contributed by atoms with Crippen LogP contribution in [0.3, 0.4) is 0 Å². The van der Waals surface area contributed by atoms with E-state index in [1.165, 1.54) is 5.56 Å². The molecule has 1 aliphatic heterocycles. The Balaban J connectivity index is 2.02. The average Bonchev–Trinajstić information content (AvgIpc) is 2.83. The molecule has 0 radical (unpaired) electrons. The molecule has 0 saturated heterocycles. The summed E-state index contributed by atoms with van der Waals surface area (Å²) in [6.45, 7) is 4.78. The minimum absolute atomic E-state index is 0.0763. The van der Waals surface area contributed by atoms with Crippen LogP contribution in [0.2, 0.25) is 0 Å². The summed E-state index contributed by atoms with van der Waals surface area (Å²) < 4.78 is 5.96. The lowest BCUT2D eigenvalue weighted by molar-refractivity contribution is -0.133. The molecule has 2 aromatic rings. The second kappa shape index (κ2) is 5.68. The molecule has 0 aromatic carbocycles. The van der Waals surface area contributed by atoms with Crippen molar-refractivity contribution in [3.05, 3.63) is 10.4 Å². The van der Waals surface area contributed by atoms with Gasteiger partial charge in [0.1, 0.15) is 10.6 Å². The van der Waals surface area contributed by atoms with Crippen molar-refractivity contribution in [2.24, 2.45) is 0 Å². The van der Waals surface area contributed by atoms with Gasteiger partial charge >= 0.3 is 5.97 Å². The minimum atomic E-state index is -0.898. The first-order valence-corrected chi connectivity index (χ1v) is 8.78. The summed E-state index contributed by atoms with van der Waals surface area (Å²) in [6.07, 6.45) is 1.73. The van der Waals surface area contributed by atoms with Gasteiger partial charge in [0, 0.05) is 11.3 Å². The van der Waals surface area contributed by atoms with Crippen molar-refractivity contribution >= 4 is 45.1 Å². The van der Waals surface area contributed by atoms with Crippen molar-refractivity contribution in [2.75, 3.05) is 11.5 Å². The molecule has 3 N–H and O–H groups in total. The monoisotopic (exact) mass is 339 g/mol. The minimum Gasteiger partial charge on any atom is -0.481 e. The number of carbonyl (C=O) groups is 1. The first-order chi connectivity index (χ1) is 10.4. The summed E-state index contributed by atoms with van der Waals surface area (Å²) in [7, 11) is 0. The zero-order valence-corrected chi connectivity index (χ0v) is 14.0. The number of aliphatic carboxylic acids is 1. The Labute approximate surface area is 136 Å². The topological polar surface area (TPSA) is 98.3 Å². The average molecular weight is 339 g/mol. The molecule has 22 heavy (non-hydrogen) atoms. The maximum Gasteiger partial charge on any atom is 0.313 e. The van der Waals surface area contributed by atoms with Gasteiger partial charge in [0.25, 0.3) is 0 Å². The van der Waals surface area contributed by atoms with Gasteiger partial charge in [-0.2, -0.15) is 0 Å².